The Morgan fingerprint density at radius 3 is 2.58 bits per heavy atom. The Morgan fingerprint density at radius 2 is 2.05 bits per heavy atom. The smallest absolute Gasteiger partial charge is 0.171 e. The number of halogens is 1. The summed E-state index contributed by atoms with van der Waals surface area (Å²) in [7, 11) is 0. The average molecular weight is 284 g/mol. The average Bonchev–Trinajstić information content (AvgIpc) is 2.37. The van der Waals surface area contributed by atoms with Crippen LogP contribution in [0.25, 0.3) is 0 Å². The van der Waals surface area contributed by atoms with Crippen LogP contribution in [-0.4, -0.2) is 34.8 Å². The monoisotopic (exact) mass is 283 g/mol. The molecule has 1 fully saturated rings. The van der Waals surface area contributed by atoms with Gasteiger partial charge in [-0.15, -0.1) is 0 Å². The number of piperidine rings is 1. The molecule has 1 aliphatic rings. The molecule has 0 radical (unpaired) electrons. The SMILES string of the molecule is CC1(O)CCN(c2ccc(/C(N)=N/O)c(Cl)c2)CC1. The molecule has 1 heterocycles. The quantitative estimate of drug-likeness (QED) is 0.334. The Kier molecular flexibility index (Phi) is 3.87. The summed E-state index contributed by atoms with van der Waals surface area (Å²) in [5.41, 5.74) is 6.45. The molecule has 0 atom stereocenters. The van der Waals surface area contributed by atoms with E-state index in [1.54, 1.807) is 12.1 Å². The Balaban J connectivity index is 2.17. The van der Waals surface area contributed by atoms with Crippen molar-refractivity contribution in [2.75, 3.05) is 18.0 Å². The van der Waals surface area contributed by atoms with Crippen molar-refractivity contribution in [1.29, 1.82) is 0 Å². The Bertz CT molecular complexity index is 493. The van der Waals surface area contributed by atoms with Crippen LogP contribution in [0.4, 0.5) is 5.69 Å². The number of nitrogens with zero attached hydrogens (tertiary/aromatic N) is 2. The zero-order valence-corrected chi connectivity index (χ0v) is 11.6. The second kappa shape index (κ2) is 5.27. The van der Waals surface area contributed by atoms with E-state index in [1.807, 2.05) is 13.0 Å². The molecule has 2 rings (SSSR count). The summed E-state index contributed by atoms with van der Waals surface area (Å²) in [6.07, 6.45) is 1.46. The first-order valence-electron chi connectivity index (χ1n) is 6.18. The summed E-state index contributed by atoms with van der Waals surface area (Å²) >= 11 is 6.13. The molecule has 0 amide bonds. The zero-order chi connectivity index (χ0) is 14.0. The van der Waals surface area contributed by atoms with Crippen molar-refractivity contribution in [3.63, 3.8) is 0 Å². The molecule has 0 aliphatic carbocycles. The molecule has 1 aliphatic heterocycles. The fraction of sp³-hybridized carbons (Fsp3) is 0.462. The molecule has 1 aromatic carbocycles. The number of rotatable bonds is 2. The van der Waals surface area contributed by atoms with Crippen molar-refractivity contribution >= 4 is 23.1 Å². The van der Waals surface area contributed by atoms with Gasteiger partial charge in [-0.25, -0.2) is 0 Å². The van der Waals surface area contributed by atoms with Crippen molar-refractivity contribution in [2.45, 2.75) is 25.4 Å². The standard InChI is InChI=1S/C13H18ClN3O2/c1-13(18)4-6-17(7-5-13)9-2-3-10(11(14)8-9)12(15)16-19/h2-3,8,18-19H,4-7H2,1H3,(H2,15,16). The minimum Gasteiger partial charge on any atom is -0.409 e. The van der Waals surface area contributed by atoms with Crippen LogP contribution >= 0.6 is 11.6 Å². The third-order valence-corrected chi connectivity index (χ3v) is 3.85. The van der Waals surface area contributed by atoms with Crippen molar-refractivity contribution in [1.82, 2.24) is 0 Å². The lowest BCUT2D eigenvalue weighted by atomic mass is 9.93. The lowest BCUT2D eigenvalue weighted by Crippen LogP contribution is -2.42. The topological polar surface area (TPSA) is 82.1 Å². The van der Waals surface area contributed by atoms with E-state index >= 15 is 0 Å². The number of aliphatic hydroxyl groups is 1. The van der Waals surface area contributed by atoms with Crippen LogP contribution in [0.3, 0.4) is 0 Å². The van der Waals surface area contributed by atoms with Crippen molar-refractivity contribution in [3.05, 3.63) is 28.8 Å². The molecule has 6 heteroatoms. The number of nitrogens with two attached hydrogens (primary N) is 1. The highest BCUT2D eigenvalue weighted by Gasteiger charge is 2.27. The van der Waals surface area contributed by atoms with Crippen LogP contribution in [0.1, 0.15) is 25.3 Å². The number of amidine groups is 1. The van der Waals surface area contributed by atoms with Gasteiger partial charge in [-0.2, -0.15) is 0 Å². The van der Waals surface area contributed by atoms with E-state index in [-0.39, 0.29) is 5.84 Å². The fourth-order valence-electron chi connectivity index (χ4n) is 2.21. The molecule has 1 aromatic rings. The van der Waals surface area contributed by atoms with Gasteiger partial charge in [0.25, 0.3) is 0 Å². The molecule has 4 N–H and O–H groups in total. The number of anilines is 1. The van der Waals surface area contributed by atoms with E-state index in [0.717, 1.165) is 31.6 Å². The van der Waals surface area contributed by atoms with Crippen LogP contribution in [0, 0.1) is 0 Å². The predicted octanol–water partition coefficient (Wildman–Crippen LogP) is 1.79. The first-order chi connectivity index (χ1) is 8.93. The normalized spacial score (nSPS) is 19.5. The highest BCUT2D eigenvalue weighted by molar-refractivity contribution is 6.34. The van der Waals surface area contributed by atoms with Crippen LogP contribution in [-0.2, 0) is 0 Å². The van der Waals surface area contributed by atoms with Gasteiger partial charge in [-0.05, 0) is 38.0 Å². The van der Waals surface area contributed by atoms with Gasteiger partial charge in [0.15, 0.2) is 5.84 Å². The largest absolute Gasteiger partial charge is 0.409 e. The molecule has 5 nitrogen and oxygen atoms in total. The van der Waals surface area contributed by atoms with Gasteiger partial charge < -0.3 is 20.9 Å². The summed E-state index contributed by atoms with van der Waals surface area (Å²) in [5.74, 6) is -0.00173. The first-order valence-corrected chi connectivity index (χ1v) is 6.55. The van der Waals surface area contributed by atoms with Crippen LogP contribution in [0.2, 0.25) is 5.02 Å². The summed E-state index contributed by atoms with van der Waals surface area (Å²) in [6.45, 7) is 3.43. The predicted molar refractivity (Wildman–Crippen MR) is 76.0 cm³/mol. The van der Waals surface area contributed by atoms with Gasteiger partial charge >= 0.3 is 0 Å². The highest BCUT2D eigenvalue weighted by atomic mass is 35.5. The first kappa shape index (κ1) is 14.0. The molecule has 19 heavy (non-hydrogen) atoms. The fourth-order valence-corrected chi connectivity index (χ4v) is 2.48. The maximum atomic E-state index is 9.93. The third-order valence-electron chi connectivity index (χ3n) is 3.54. The maximum Gasteiger partial charge on any atom is 0.171 e. The second-order valence-corrected chi connectivity index (χ2v) is 5.54. The molecule has 0 bridgehead atoms. The third kappa shape index (κ3) is 3.11. The minimum absolute atomic E-state index is 0.00173. The molecule has 0 aromatic heterocycles. The molecule has 104 valence electrons. The van der Waals surface area contributed by atoms with Crippen molar-refractivity contribution in [3.8, 4) is 0 Å². The molecule has 1 saturated heterocycles. The molecule has 0 spiro atoms. The summed E-state index contributed by atoms with van der Waals surface area (Å²) in [4.78, 5) is 2.17. The van der Waals surface area contributed by atoms with E-state index in [9.17, 15) is 5.11 Å². The lowest BCUT2D eigenvalue weighted by Gasteiger charge is -2.37. The van der Waals surface area contributed by atoms with E-state index in [4.69, 9.17) is 22.5 Å². The van der Waals surface area contributed by atoms with Crippen molar-refractivity contribution < 1.29 is 10.3 Å². The van der Waals surface area contributed by atoms with Crippen molar-refractivity contribution in [2.24, 2.45) is 10.9 Å². The van der Waals surface area contributed by atoms with Crippen LogP contribution in [0.15, 0.2) is 23.4 Å². The number of hydrogen-bond donors (Lipinski definition) is 3. The highest BCUT2D eigenvalue weighted by Crippen LogP contribution is 2.28. The number of benzene rings is 1. The summed E-state index contributed by atoms with van der Waals surface area (Å²) < 4.78 is 0. The van der Waals surface area contributed by atoms with Crippen LogP contribution < -0.4 is 10.6 Å². The van der Waals surface area contributed by atoms with Gasteiger partial charge in [0.2, 0.25) is 0 Å². The minimum atomic E-state index is -0.575. The van der Waals surface area contributed by atoms with Gasteiger partial charge in [0, 0.05) is 24.3 Å². The molecule has 0 unspecified atom stereocenters. The Labute approximate surface area is 117 Å². The lowest BCUT2D eigenvalue weighted by molar-refractivity contribution is 0.0351. The Morgan fingerprint density at radius 1 is 1.42 bits per heavy atom. The number of oxime groups is 1. The van der Waals surface area contributed by atoms with E-state index in [1.165, 1.54) is 0 Å². The van der Waals surface area contributed by atoms with Gasteiger partial charge in [-0.1, -0.05) is 16.8 Å². The summed E-state index contributed by atoms with van der Waals surface area (Å²) in [6, 6.07) is 5.42. The van der Waals surface area contributed by atoms with E-state index in [0.29, 0.717) is 10.6 Å². The van der Waals surface area contributed by atoms with E-state index in [2.05, 4.69) is 10.1 Å². The van der Waals surface area contributed by atoms with Gasteiger partial charge in [-0.3, -0.25) is 0 Å². The number of hydrogen-bond acceptors (Lipinski definition) is 4. The molecular formula is C13H18ClN3O2. The van der Waals surface area contributed by atoms with Gasteiger partial charge in [0.1, 0.15) is 0 Å². The van der Waals surface area contributed by atoms with Gasteiger partial charge in [0.05, 0.1) is 10.6 Å². The Hall–Kier alpha value is -1.46. The molecule has 0 saturated carbocycles. The van der Waals surface area contributed by atoms with E-state index < -0.39 is 5.60 Å². The second-order valence-electron chi connectivity index (χ2n) is 5.13. The maximum absolute atomic E-state index is 9.93. The summed E-state index contributed by atoms with van der Waals surface area (Å²) in [5, 5.41) is 22.0. The molecular weight excluding hydrogens is 266 g/mol. The zero-order valence-electron chi connectivity index (χ0n) is 10.8. The van der Waals surface area contributed by atoms with Crippen LogP contribution in [0.5, 0.6) is 0 Å².